The predicted octanol–water partition coefficient (Wildman–Crippen LogP) is 3.14. The van der Waals surface area contributed by atoms with Crippen LogP contribution in [0, 0.1) is 0 Å². The summed E-state index contributed by atoms with van der Waals surface area (Å²) in [5.74, 6) is 0. The molecule has 0 saturated heterocycles. The molecule has 1 aromatic carbocycles. The Balaban J connectivity index is 1.86. The van der Waals surface area contributed by atoms with E-state index in [-0.39, 0.29) is 17.5 Å². The quantitative estimate of drug-likeness (QED) is 0.811. The standard InChI is InChI=1S/C19H31N3O/c1-16(11-14-22(2)3)21-18(23)20-15-19(12-7-8-13-19)17-9-5-4-6-10-17/h4-6,9-10,16H,7-8,11-15H2,1-3H3,(H2,20,21,23). The number of nitrogens with zero attached hydrogens (tertiary/aromatic N) is 1. The maximum absolute atomic E-state index is 12.2. The molecular formula is C19H31N3O. The third-order valence-electron chi connectivity index (χ3n) is 4.92. The summed E-state index contributed by atoms with van der Waals surface area (Å²) in [6.07, 6.45) is 5.78. The first-order chi connectivity index (χ1) is 11.0. The fraction of sp³-hybridized carbons (Fsp3) is 0.632. The van der Waals surface area contributed by atoms with E-state index in [0.29, 0.717) is 0 Å². The number of hydrogen-bond acceptors (Lipinski definition) is 2. The van der Waals surface area contributed by atoms with Crippen LogP contribution in [0.5, 0.6) is 0 Å². The van der Waals surface area contributed by atoms with E-state index in [0.717, 1.165) is 32.4 Å². The molecule has 2 N–H and O–H groups in total. The second kappa shape index (κ2) is 8.34. The average Bonchev–Trinajstić information content (AvgIpc) is 3.02. The molecule has 2 rings (SSSR count). The van der Waals surface area contributed by atoms with Crippen molar-refractivity contribution in [3.05, 3.63) is 35.9 Å². The van der Waals surface area contributed by atoms with Crippen molar-refractivity contribution in [3.8, 4) is 0 Å². The topological polar surface area (TPSA) is 44.4 Å². The van der Waals surface area contributed by atoms with Crippen LogP contribution in [0.25, 0.3) is 0 Å². The number of benzene rings is 1. The van der Waals surface area contributed by atoms with Crippen LogP contribution in [0.15, 0.2) is 30.3 Å². The summed E-state index contributed by atoms with van der Waals surface area (Å²) in [4.78, 5) is 14.3. The van der Waals surface area contributed by atoms with Crippen LogP contribution in [0.4, 0.5) is 4.79 Å². The molecule has 1 aromatic rings. The number of hydrogen-bond donors (Lipinski definition) is 2. The van der Waals surface area contributed by atoms with Crippen LogP contribution >= 0.6 is 0 Å². The number of carbonyl (C=O) groups excluding carboxylic acids is 1. The molecule has 4 nitrogen and oxygen atoms in total. The van der Waals surface area contributed by atoms with E-state index >= 15 is 0 Å². The van der Waals surface area contributed by atoms with Crippen LogP contribution in [0.1, 0.15) is 44.6 Å². The van der Waals surface area contributed by atoms with Crippen LogP contribution < -0.4 is 10.6 Å². The monoisotopic (exact) mass is 317 g/mol. The van der Waals surface area contributed by atoms with Crippen molar-refractivity contribution in [3.63, 3.8) is 0 Å². The van der Waals surface area contributed by atoms with E-state index in [1.54, 1.807) is 0 Å². The van der Waals surface area contributed by atoms with Crippen LogP contribution in [0.3, 0.4) is 0 Å². The van der Waals surface area contributed by atoms with Crippen molar-refractivity contribution in [2.24, 2.45) is 0 Å². The summed E-state index contributed by atoms with van der Waals surface area (Å²) in [7, 11) is 4.10. The Morgan fingerprint density at radius 1 is 1.22 bits per heavy atom. The van der Waals surface area contributed by atoms with Gasteiger partial charge in [0.1, 0.15) is 0 Å². The van der Waals surface area contributed by atoms with Gasteiger partial charge >= 0.3 is 6.03 Å². The highest BCUT2D eigenvalue weighted by Gasteiger charge is 2.35. The lowest BCUT2D eigenvalue weighted by atomic mass is 9.79. The van der Waals surface area contributed by atoms with Gasteiger partial charge in [0.25, 0.3) is 0 Å². The number of amides is 2. The Bertz CT molecular complexity index is 481. The second-order valence-electron chi connectivity index (χ2n) is 7.17. The fourth-order valence-corrected chi connectivity index (χ4v) is 3.46. The van der Waals surface area contributed by atoms with E-state index in [1.807, 2.05) is 0 Å². The zero-order valence-electron chi connectivity index (χ0n) is 14.8. The molecule has 1 aliphatic carbocycles. The van der Waals surface area contributed by atoms with Crippen molar-refractivity contribution in [2.75, 3.05) is 27.2 Å². The first kappa shape index (κ1) is 17.8. The minimum absolute atomic E-state index is 0.0431. The highest BCUT2D eigenvalue weighted by molar-refractivity contribution is 5.74. The van der Waals surface area contributed by atoms with E-state index in [4.69, 9.17) is 0 Å². The highest BCUT2D eigenvalue weighted by Crippen LogP contribution is 2.40. The molecule has 4 heteroatoms. The summed E-state index contributed by atoms with van der Waals surface area (Å²) in [5, 5.41) is 6.17. The average molecular weight is 317 g/mol. The van der Waals surface area contributed by atoms with Crippen molar-refractivity contribution in [1.82, 2.24) is 15.5 Å². The Morgan fingerprint density at radius 2 is 1.87 bits per heavy atom. The minimum atomic E-state index is -0.0431. The second-order valence-corrected chi connectivity index (χ2v) is 7.17. The third-order valence-corrected chi connectivity index (χ3v) is 4.92. The minimum Gasteiger partial charge on any atom is -0.337 e. The fourth-order valence-electron chi connectivity index (χ4n) is 3.46. The molecule has 1 saturated carbocycles. The summed E-state index contributed by atoms with van der Waals surface area (Å²) in [6, 6.07) is 10.8. The van der Waals surface area contributed by atoms with Gasteiger partial charge in [-0.05, 0) is 52.4 Å². The Hall–Kier alpha value is -1.55. The largest absolute Gasteiger partial charge is 0.337 e. The van der Waals surface area contributed by atoms with Crippen LogP contribution in [-0.4, -0.2) is 44.2 Å². The van der Waals surface area contributed by atoms with Gasteiger partial charge < -0.3 is 15.5 Å². The van der Waals surface area contributed by atoms with Gasteiger partial charge in [0, 0.05) is 18.0 Å². The molecular weight excluding hydrogens is 286 g/mol. The SMILES string of the molecule is CC(CCN(C)C)NC(=O)NCC1(c2ccccc2)CCCC1. The lowest BCUT2D eigenvalue weighted by Gasteiger charge is -2.30. The normalized spacial score (nSPS) is 17.9. The van der Waals surface area contributed by atoms with E-state index in [9.17, 15) is 4.79 Å². The predicted molar refractivity (Wildman–Crippen MR) is 95.8 cm³/mol. The Kier molecular flexibility index (Phi) is 6.46. The van der Waals surface area contributed by atoms with Gasteiger partial charge in [0.2, 0.25) is 0 Å². The number of rotatable bonds is 7. The molecule has 1 atom stereocenters. The third kappa shape index (κ3) is 5.24. The summed E-state index contributed by atoms with van der Waals surface area (Å²) >= 11 is 0. The van der Waals surface area contributed by atoms with Gasteiger partial charge in [-0.2, -0.15) is 0 Å². The first-order valence-electron chi connectivity index (χ1n) is 8.76. The number of nitrogens with one attached hydrogen (secondary N) is 2. The number of carbonyl (C=O) groups is 1. The molecule has 1 aliphatic rings. The molecule has 0 radical (unpaired) electrons. The summed E-state index contributed by atoms with van der Waals surface area (Å²) < 4.78 is 0. The van der Waals surface area contributed by atoms with Crippen molar-refractivity contribution in [1.29, 1.82) is 0 Å². The van der Waals surface area contributed by atoms with Gasteiger partial charge in [-0.3, -0.25) is 0 Å². The van der Waals surface area contributed by atoms with E-state index in [1.165, 1.54) is 18.4 Å². The summed E-state index contributed by atoms with van der Waals surface area (Å²) in [6.45, 7) is 3.77. The lowest BCUT2D eigenvalue weighted by molar-refractivity contribution is 0.232. The zero-order valence-corrected chi connectivity index (χ0v) is 14.8. The van der Waals surface area contributed by atoms with Gasteiger partial charge in [-0.15, -0.1) is 0 Å². The molecule has 23 heavy (non-hydrogen) atoms. The maximum Gasteiger partial charge on any atom is 0.315 e. The molecule has 1 fully saturated rings. The first-order valence-corrected chi connectivity index (χ1v) is 8.76. The van der Waals surface area contributed by atoms with Crippen molar-refractivity contribution < 1.29 is 4.79 Å². The van der Waals surface area contributed by atoms with Gasteiger partial charge in [0.15, 0.2) is 0 Å². The molecule has 1 unspecified atom stereocenters. The molecule has 0 aliphatic heterocycles. The van der Waals surface area contributed by atoms with Gasteiger partial charge in [-0.25, -0.2) is 4.79 Å². The lowest BCUT2D eigenvalue weighted by Crippen LogP contribution is -2.46. The highest BCUT2D eigenvalue weighted by atomic mass is 16.2. The smallest absolute Gasteiger partial charge is 0.315 e. The molecule has 0 heterocycles. The van der Waals surface area contributed by atoms with Crippen LogP contribution in [0.2, 0.25) is 0 Å². The Morgan fingerprint density at radius 3 is 2.48 bits per heavy atom. The zero-order chi connectivity index (χ0) is 16.7. The molecule has 0 spiro atoms. The van der Waals surface area contributed by atoms with Crippen molar-refractivity contribution in [2.45, 2.75) is 50.5 Å². The molecule has 2 amide bonds. The molecule has 128 valence electrons. The number of urea groups is 1. The molecule has 0 bridgehead atoms. The van der Waals surface area contributed by atoms with E-state index < -0.39 is 0 Å². The Labute approximate surface area is 140 Å². The van der Waals surface area contributed by atoms with Gasteiger partial charge in [0.05, 0.1) is 0 Å². The van der Waals surface area contributed by atoms with Crippen LogP contribution in [-0.2, 0) is 5.41 Å². The van der Waals surface area contributed by atoms with Gasteiger partial charge in [-0.1, -0.05) is 43.2 Å². The van der Waals surface area contributed by atoms with Crippen molar-refractivity contribution >= 4 is 6.03 Å². The maximum atomic E-state index is 12.2. The van der Waals surface area contributed by atoms with E-state index in [2.05, 4.69) is 66.9 Å². The summed E-state index contributed by atoms with van der Waals surface area (Å²) in [5.41, 5.74) is 1.48. The molecule has 0 aromatic heterocycles.